The van der Waals surface area contributed by atoms with Crippen LogP contribution in [0.2, 0.25) is 0 Å². The van der Waals surface area contributed by atoms with E-state index in [1.165, 1.54) is 0 Å². The summed E-state index contributed by atoms with van der Waals surface area (Å²) in [5, 5.41) is 2.82. The number of fused-ring (bicyclic) bond motifs is 1. The van der Waals surface area contributed by atoms with Crippen LogP contribution < -0.4 is 11.1 Å². The Hall–Kier alpha value is -1.06. The van der Waals surface area contributed by atoms with Crippen LogP contribution in [0.4, 0.5) is 0 Å². The summed E-state index contributed by atoms with van der Waals surface area (Å²) in [7, 11) is 0. The molecule has 1 atom stereocenters. The molecule has 1 aliphatic rings. The zero-order valence-electron chi connectivity index (χ0n) is 7.69. The molecule has 3 nitrogen and oxygen atoms in total. The molecular formula is C10H13ClN2O. The van der Waals surface area contributed by atoms with E-state index in [0.29, 0.717) is 13.1 Å². The highest BCUT2D eigenvalue weighted by atomic mass is 35.5. The number of benzene rings is 1. The lowest BCUT2D eigenvalue weighted by Crippen LogP contribution is -2.37. The number of carbonyl (C=O) groups is 1. The van der Waals surface area contributed by atoms with Gasteiger partial charge in [0.15, 0.2) is 0 Å². The van der Waals surface area contributed by atoms with Crippen LogP contribution in [0.3, 0.4) is 0 Å². The second-order valence-electron chi connectivity index (χ2n) is 3.23. The van der Waals surface area contributed by atoms with Crippen LogP contribution >= 0.6 is 12.4 Å². The minimum Gasteiger partial charge on any atom is -0.351 e. The van der Waals surface area contributed by atoms with Crippen molar-refractivity contribution in [2.75, 3.05) is 13.1 Å². The second kappa shape index (κ2) is 4.44. The van der Waals surface area contributed by atoms with Crippen molar-refractivity contribution < 1.29 is 4.79 Å². The third kappa shape index (κ3) is 1.74. The number of rotatable bonds is 1. The van der Waals surface area contributed by atoms with Gasteiger partial charge in [-0.3, -0.25) is 4.79 Å². The zero-order valence-corrected chi connectivity index (χ0v) is 8.51. The first-order valence-electron chi connectivity index (χ1n) is 4.40. The molecule has 0 radical (unpaired) electrons. The molecule has 0 spiro atoms. The smallest absolute Gasteiger partial charge is 0.251 e. The fourth-order valence-corrected chi connectivity index (χ4v) is 1.69. The largest absolute Gasteiger partial charge is 0.351 e. The summed E-state index contributed by atoms with van der Waals surface area (Å²) in [6, 6.07) is 7.63. The lowest BCUT2D eigenvalue weighted by Gasteiger charge is -2.24. The van der Waals surface area contributed by atoms with E-state index in [9.17, 15) is 4.79 Å². The van der Waals surface area contributed by atoms with Crippen LogP contribution in [-0.4, -0.2) is 19.0 Å². The summed E-state index contributed by atoms with van der Waals surface area (Å²) in [4.78, 5) is 11.4. The van der Waals surface area contributed by atoms with E-state index in [1.54, 1.807) is 0 Å². The molecule has 76 valence electrons. The van der Waals surface area contributed by atoms with Gasteiger partial charge < -0.3 is 11.1 Å². The van der Waals surface area contributed by atoms with Gasteiger partial charge in [0.1, 0.15) is 0 Å². The third-order valence-corrected chi connectivity index (χ3v) is 2.44. The molecule has 1 heterocycles. The van der Waals surface area contributed by atoms with Gasteiger partial charge in [-0.15, -0.1) is 12.4 Å². The number of nitrogens with one attached hydrogen (secondary N) is 1. The number of halogens is 1. The third-order valence-electron chi connectivity index (χ3n) is 2.44. The van der Waals surface area contributed by atoms with Crippen LogP contribution in [-0.2, 0) is 0 Å². The van der Waals surface area contributed by atoms with Crippen molar-refractivity contribution >= 4 is 18.3 Å². The zero-order chi connectivity index (χ0) is 9.26. The molecule has 1 aromatic carbocycles. The Labute approximate surface area is 89.1 Å². The number of amides is 1. The molecular weight excluding hydrogens is 200 g/mol. The van der Waals surface area contributed by atoms with Crippen LogP contribution in [0.25, 0.3) is 0 Å². The highest BCUT2D eigenvalue weighted by molar-refractivity contribution is 5.97. The molecule has 14 heavy (non-hydrogen) atoms. The maximum absolute atomic E-state index is 11.4. The predicted molar refractivity (Wildman–Crippen MR) is 57.8 cm³/mol. The summed E-state index contributed by atoms with van der Waals surface area (Å²) >= 11 is 0. The second-order valence-corrected chi connectivity index (χ2v) is 3.23. The molecule has 1 amide bonds. The van der Waals surface area contributed by atoms with E-state index in [0.717, 1.165) is 11.1 Å². The Morgan fingerprint density at radius 2 is 2.14 bits per heavy atom. The van der Waals surface area contributed by atoms with Crippen molar-refractivity contribution in [1.82, 2.24) is 5.32 Å². The average molecular weight is 213 g/mol. The topological polar surface area (TPSA) is 55.1 Å². The lowest BCUT2D eigenvalue weighted by atomic mass is 9.91. The predicted octanol–water partition coefficient (Wildman–Crippen LogP) is 0.894. The Balaban J connectivity index is 0.000000980. The maximum atomic E-state index is 11.4. The molecule has 0 aromatic heterocycles. The minimum absolute atomic E-state index is 0. The van der Waals surface area contributed by atoms with Crippen molar-refractivity contribution in [2.45, 2.75) is 5.92 Å². The Morgan fingerprint density at radius 3 is 2.86 bits per heavy atom. The number of hydrogen-bond acceptors (Lipinski definition) is 2. The van der Waals surface area contributed by atoms with Crippen molar-refractivity contribution in [3.8, 4) is 0 Å². The fourth-order valence-electron chi connectivity index (χ4n) is 1.69. The Bertz CT molecular complexity index is 341. The Kier molecular flexibility index (Phi) is 3.49. The standard InChI is InChI=1S/C10H12N2O.ClH/c11-5-7-6-12-10(13)9-4-2-1-3-8(7)9;/h1-4,7H,5-6,11H2,(H,12,13);1H. The normalized spacial score (nSPS) is 19.2. The van der Waals surface area contributed by atoms with Gasteiger partial charge in [0.25, 0.3) is 5.91 Å². The average Bonchev–Trinajstić information content (AvgIpc) is 2.19. The molecule has 0 saturated carbocycles. The summed E-state index contributed by atoms with van der Waals surface area (Å²) in [5.41, 5.74) is 7.46. The lowest BCUT2D eigenvalue weighted by molar-refractivity contribution is 0.0940. The van der Waals surface area contributed by atoms with Gasteiger partial charge in [-0.1, -0.05) is 18.2 Å². The molecule has 1 unspecified atom stereocenters. The minimum atomic E-state index is 0. The van der Waals surface area contributed by atoms with E-state index in [-0.39, 0.29) is 24.2 Å². The summed E-state index contributed by atoms with van der Waals surface area (Å²) in [6.45, 7) is 1.24. The molecule has 0 bridgehead atoms. The van der Waals surface area contributed by atoms with Crippen molar-refractivity contribution in [1.29, 1.82) is 0 Å². The molecule has 1 aromatic rings. The van der Waals surface area contributed by atoms with E-state index >= 15 is 0 Å². The summed E-state index contributed by atoms with van der Waals surface area (Å²) < 4.78 is 0. The molecule has 0 fully saturated rings. The van der Waals surface area contributed by atoms with Crippen LogP contribution in [0, 0.1) is 0 Å². The monoisotopic (exact) mass is 212 g/mol. The molecule has 1 aliphatic heterocycles. The van der Waals surface area contributed by atoms with E-state index in [1.807, 2.05) is 24.3 Å². The molecule has 4 heteroatoms. The van der Waals surface area contributed by atoms with Crippen LogP contribution in [0.5, 0.6) is 0 Å². The van der Waals surface area contributed by atoms with Gasteiger partial charge in [0.05, 0.1) is 0 Å². The number of hydrogen-bond donors (Lipinski definition) is 2. The van der Waals surface area contributed by atoms with Gasteiger partial charge in [-0.25, -0.2) is 0 Å². The Morgan fingerprint density at radius 1 is 1.43 bits per heavy atom. The highest BCUT2D eigenvalue weighted by Gasteiger charge is 2.22. The SMILES string of the molecule is Cl.NCC1CNC(=O)c2ccccc21. The van der Waals surface area contributed by atoms with Gasteiger partial charge in [-0.2, -0.15) is 0 Å². The molecule has 0 aliphatic carbocycles. The fraction of sp³-hybridized carbons (Fsp3) is 0.300. The van der Waals surface area contributed by atoms with E-state index in [2.05, 4.69) is 5.32 Å². The van der Waals surface area contributed by atoms with E-state index in [4.69, 9.17) is 5.73 Å². The van der Waals surface area contributed by atoms with Crippen molar-refractivity contribution in [3.63, 3.8) is 0 Å². The van der Waals surface area contributed by atoms with Gasteiger partial charge in [0, 0.05) is 24.6 Å². The van der Waals surface area contributed by atoms with E-state index < -0.39 is 0 Å². The number of nitrogens with two attached hydrogens (primary N) is 1. The molecule has 2 rings (SSSR count). The highest BCUT2D eigenvalue weighted by Crippen LogP contribution is 2.22. The first kappa shape index (κ1) is 11.0. The van der Waals surface area contributed by atoms with Crippen LogP contribution in [0.1, 0.15) is 21.8 Å². The van der Waals surface area contributed by atoms with Crippen molar-refractivity contribution in [2.24, 2.45) is 5.73 Å². The first-order chi connectivity index (χ1) is 6.33. The van der Waals surface area contributed by atoms with Crippen LogP contribution in [0.15, 0.2) is 24.3 Å². The first-order valence-corrected chi connectivity index (χ1v) is 4.40. The van der Waals surface area contributed by atoms with Gasteiger partial charge >= 0.3 is 0 Å². The maximum Gasteiger partial charge on any atom is 0.251 e. The molecule has 3 N–H and O–H groups in total. The summed E-state index contributed by atoms with van der Waals surface area (Å²) in [5.74, 6) is 0.286. The quantitative estimate of drug-likeness (QED) is 0.727. The van der Waals surface area contributed by atoms with Gasteiger partial charge in [0.2, 0.25) is 0 Å². The number of carbonyl (C=O) groups excluding carboxylic acids is 1. The van der Waals surface area contributed by atoms with Gasteiger partial charge in [-0.05, 0) is 11.6 Å². The molecule has 0 saturated heterocycles. The summed E-state index contributed by atoms with van der Waals surface area (Å²) in [6.07, 6.45) is 0. The van der Waals surface area contributed by atoms with Crippen molar-refractivity contribution in [3.05, 3.63) is 35.4 Å².